The van der Waals surface area contributed by atoms with Gasteiger partial charge < -0.3 is 15.8 Å². The molecule has 3 N–H and O–H groups in total. The number of nitrogens with one attached hydrogen (secondary N) is 1. The predicted octanol–water partition coefficient (Wildman–Crippen LogP) is 7.01. The lowest BCUT2D eigenvalue weighted by Crippen LogP contribution is -2.26. The molecule has 3 aromatic carbocycles. The van der Waals surface area contributed by atoms with Gasteiger partial charge in [0.25, 0.3) is 0 Å². The second-order valence-corrected chi connectivity index (χ2v) is 8.47. The van der Waals surface area contributed by atoms with Crippen LogP contribution in [0.4, 0.5) is 15.8 Å². The Hall–Kier alpha value is -3.77. The number of rotatable bonds is 7. The summed E-state index contributed by atoms with van der Waals surface area (Å²) < 4.78 is 18.2. The van der Waals surface area contributed by atoms with E-state index in [-0.39, 0.29) is 5.82 Å². The van der Waals surface area contributed by atoms with Crippen molar-refractivity contribution in [3.63, 3.8) is 0 Å². The van der Waals surface area contributed by atoms with Crippen molar-refractivity contribution in [1.29, 1.82) is 0 Å². The van der Waals surface area contributed by atoms with Crippen LogP contribution in [0.15, 0.2) is 71.2 Å². The van der Waals surface area contributed by atoms with Crippen LogP contribution >= 0.6 is 0 Å². The zero-order valence-electron chi connectivity index (χ0n) is 21.6. The van der Waals surface area contributed by atoms with Gasteiger partial charge in [0.2, 0.25) is 0 Å². The van der Waals surface area contributed by atoms with Gasteiger partial charge in [-0.3, -0.25) is 4.99 Å². The minimum Gasteiger partial charge on any atom is -0.493 e. The first-order valence-electron chi connectivity index (χ1n) is 12.3. The normalized spacial score (nSPS) is 12.4. The van der Waals surface area contributed by atoms with E-state index in [0.29, 0.717) is 19.0 Å². The Morgan fingerprint density at radius 1 is 1.06 bits per heavy atom. The van der Waals surface area contributed by atoms with Crippen LogP contribution in [-0.2, 0) is 13.0 Å². The molecule has 0 amide bonds. The van der Waals surface area contributed by atoms with Crippen molar-refractivity contribution in [1.82, 2.24) is 5.32 Å². The number of fused-ring (bicyclic) bond motifs is 1. The largest absolute Gasteiger partial charge is 0.493 e. The number of aryl methyl sites for hydroxylation is 2. The lowest BCUT2D eigenvalue weighted by molar-refractivity contribution is 0.316. The van der Waals surface area contributed by atoms with Gasteiger partial charge >= 0.3 is 0 Å². The van der Waals surface area contributed by atoms with E-state index >= 15 is 0 Å². The van der Waals surface area contributed by atoms with E-state index in [1.807, 2.05) is 45.0 Å². The number of aliphatic imine (C=N–C) groups is 2. The quantitative estimate of drug-likeness (QED) is 0.353. The molecule has 0 bridgehead atoms. The molecule has 0 aromatic heterocycles. The maximum absolute atomic E-state index is 12.2. The first-order valence-corrected chi connectivity index (χ1v) is 12.3. The Morgan fingerprint density at radius 3 is 2.42 bits per heavy atom. The van der Waals surface area contributed by atoms with Gasteiger partial charge in [-0.05, 0) is 79.8 Å². The first kappa shape index (κ1) is 26.8. The number of benzene rings is 3. The molecule has 3 aromatic rings. The first-order chi connectivity index (χ1) is 17.4. The summed E-state index contributed by atoms with van der Waals surface area (Å²) >= 11 is 0. The number of nitrogens with zero attached hydrogens (tertiary/aromatic N) is 2. The minimum atomic E-state index is -0.160. The van der Waals surface area contributed by atoms with Crippen molar-refractivity contribution in [2.75, 3.05) is 6.61 Å². The fraction of sp³-hybridized carbons (Fsp3) is 0.267. The molecular weight excluding hydrogens is 451 g/mol. The van der Waals surface area contributed by atoms with E-state index in [2.05, 4.69) is 29.9 Å². The molecule has 0 unspecified atom stereocenters. The highest BCUT2D eigenvalue weighted by Gasteiger charge is 2.20. The van der Waals surface area contributed by atoms with Crippen molar-refractivity contribution in [2.24, 2.45) is 15.7 Å². The maximum Gasteiger partial charge on any atom is 0.142 e. The molecule has 188 valence electrons. The summed E-state index contributed by atoms with van der Waals surface area (Å²) in [5.41, 5.74) is 13.6. The maximum atomic E-state index is 12.2. The Balaban J connectivity index is 0.000000338. The third-order valence-electron chi connectivity index (χ3n) is 5.73. The van der Waals surface area contributed by atoms with Crippen molar-refractivity contribution in [2.45, 2.75) is 47.1 Å². The number of amidine groups is 1. The number of nitrogens with two attached hydrogens (primary N) is 1. The number of hydrogen-bond acceptors (Lipinski definition) is 5. The Labute approximate surface area is 213 Å². The highest BCUT2D eigenvalue weighted by molar-refractivity contribution is 6.09. The number of ether oxygens (including phenoxy) is 1. The van der Waals surface area contributed by atoms with Gasteiger partial charge in [0, 0.05) is 24.0 Å². The average molecular weight is 487 g/mol. The lowest BCUT2D eigenvalue weighted by Gasteiger charge is -2.23. The SMILES string of the molecule is C=C1NC(c2cc(CN)ccc2OCCC)=Nc2cc(N=CC)c(C)cc21.CCc1ccc(F)cc1. The van der Waals surface area contributed by atoms with Crippen molar-refractivity contribution >= 4 is 29.1 Å². The van der Waals surface area contributed by atoms with Gasteiger partial charge in [-0.15, -0.1) is 0 Å². The van der Waals surface area contributed by atoms with Gasteiger partial charge in [0.1, 0.15) is 17.4 Å². The van der Waals surface area contributed by atoms with Crippen LogP contribution in [-0.4, -0.2) is 18.7 Å². The third-order valence-corrected chi connectivity index (χ3v) is 5.73. The monoisotopic (exact) mass is 486 g/mol. The van der Waals surface area contributed by atoms with Crippen molar-refractivity contribution in [3.05, 3.63) is 94.8 Å². The van der Waals surface area contributed by atoms with Crippen molar-refractivity contribution in [3.8, 4) is 5.75 Å². The van der Waals surface area contributed by atoms with E-state index in [0.717, 1.165) is 57.9 Å². The highest BCUT2D eigenvalue weighted by Crippen LogP contribution is 2.36. The smallest absolute Gasteiger partial charge is 0.142 e. The molecular formula is C30H35FN4O. The minimum absolute atomic E-state index is 0.160. The average Bonchev–Trinajstić information content (AvgIpc) is 2.89. The standard InChI is InChI=1S/C22H26N4O.C8H9F/c1-5-9-27-21-8-7-16(13-23)11-18(21)22-25-15(4)17-10-14(3)19(24-6-2)12-20(17)26-22;1-2-7-3-5-8(9)6-4-7/h6-8,10-12H,4-5,9,13,23H2,1-3H3,(H,25,26);3-6H,2H2,1H3. The highest BCUT2D eigenvalue weighted by atomic mass is 19.1. The molecule has 1 heterocycles. The number of hydrogen-bond donors (Lipinski definition) is 2. The third kappa shape index (κ3) is 6.67. The fourth-order valence-corrected chi connectivity index (χ4v) is 3.73. The summed E-state index contributed by atoms with van der Waals surface area (Å²) in [6.45, 7) is 13.4. The van der Waals surface area contributed by atoms with E-state index < -0.39 is 0 Å². The molecule has 1 aliphatic heterocycles. The molecule has 5 nitrogen and oxygen atoms in total. The van der Waals surface area contributed by atoms with Gasteiger partial charge in [-0.2, -0.15) is 0 Å². The van der Waals surface area contributed by atoms with Gasteiger partial charge in [0.15, 0.2) is 0 Å². The molecule has 0 radical (unpaired) electrons. The summed E-state index contributed by atoms with van der Waals surface area (Å²) in [6.07, 6.45) is 3.70. The van der Waals surface area contributed by atoms with Crippen LogP contribution < -0.4 is 15.8 Å². The van der Waals surface area contributed by atoms with Crippen LogP contribution in [0.2, 0.25) is 0 Å². The molecule has 1 aliphatic rings. The number of halogens is 1. The summed E-state index contributed by atoms with van der Waals surface area (Å²) in [5, 5.41) is 3.33. The summed E-state index contributed by atoms with van der Waals surface area (Å²) in [7, 11) is 0. The molecule has 0 atom stereocenters. The summed E-state index contributed by atoms with van der Waals surface area (Å²) in [6, 6.07) is 16.6. The molecule has 36 heavy (non-hydrogen) atoms. The predicted molar refractivity (Wildman–Crippen MR) is 149 cm³/mol. The van der Waals surface area contributed by atoms with E-state index in [4.69, 9.17) is 15.5 Å². The van der Waals surface area contributed by atoms with E-state index in [1.165, 1.54) is 17.7 Å². The zero-order valence-corrected chi connectivity index (χ0v) is 21.6. The van der Waals surface area contributed by atoms with Crippen LogP contribution in [0.3, 0.4) is 0 Å². The molecule has 0 aliphatic carbocycles. The van der Waals surface area contributed by atoms with Crippen LogP contribution in [0.25, 0.3) is 5.70 Å². The van der Waals surface area contributed by atoms with Gasteiger partial charge in [-0.1, -0.05) is 38.6 Å². The molecule has 0 saturated carbocycles. The van der Waals surface area contributed by atoms with Gasteiger partial charge in [0.05, 0.1) is 23.5 Å². The van der Waals surface area contributed by atoms with Crippen LogP contribution in [0, 0.1) is 12.7 Å². The summed E-state index contributed by atoms with van der Waals surface area (Å²) in [5.74, 6) is 1.34. The second kappa shape index (κ2) is 12.8. The van der Waals surface area contributed by atoms with E-state index in [9.17, 15) is 4.39 Å². The summed E-state index contributed by atoms with van der Waals surface area (Å²) in [4.78, 5) is 9.28. The zero-order chi connectivity index (χ0) is 26.1. The fourth-order valence-electron chi connectivity index (χ4n) is 3.73. The molecule has 0 fully saturated rings. The van der Waals surface area contributed by atoms with Gasteiger partial charge in [-0.25, -0.2) is 9.38 Å². The Morgan fingerprint density at radius 2 is 1.78 bits per heavy atom. The molecule has 0 spiro atoms. The molecule has 0 saturated heterocycles. The lowest BCUT2D eigenvalue weighted by atomic mass is 10.0. The molecule has 6 heteroatoms. The molecule has 4 rings (SSSR count). The topological polar surface area (TPSA) is 72.0 Å². The van der Waals surface area contributed by atoms with Crippen LogP contribution in [0.1, 0.15) is 55.0 Å². The van der Waals surface area contributed by atoms with Crippen LogP contribution in [0.5, 0.6) is 5.75 Å². The Kier molecular flexibility index (Phi) is 9.53. The Bertz CT molecular complexity index is 1260. The van der Waals surface area contributed by atoms with Crippen molar-refractivity contribution < 1.29 is 9.13 Å². The second-order valence-electron chi connectivity index (χ2n) is 8.47. The van der Waals surface area contributed by atoms with E-state index in [1.54, 1.807) is 18.3 Å².